The molecule has 4 aromatic rings. The second-order valence-electron chi connectivity index (χ2n) is 11.4. The highest BCUT2D eigenvalue weighted by atomic mass is 32.3. The summed E-state index contributed by atoms with van der Waals surface area (Å²) >= 11 is 0. The van der Waals surface area contributed by atoms with Crippen LogP contribution in [0.4, 0.5) is 37.8 Å². The number of likely N-dealkylation sites (tertiary alicyclic amines) is 1. The molecular weight excluding hydrogens is 672 g/mol. The Kier molecular flexibility index (Phi) is 9.04. The average molecular weight is 702 g/mol. The zero-order chi connectivity index (χ0) is 34.4. The van der Waals surface area contributed by atoms with E-state index in [4.69, 9.17) is 0 Å². The van der Waals surface area contributed by atoms with Crippen molar-refractivity contribution >= 4 is 42.1 Å². The quantitative estimate of drug-likeness (QED) is 0.224. The maximum Gasteiger partial charge on any atom is 0.418 e. The maximum absolute atomic E-state index is 13.8. The highest BCUT2D eigenvalue weighted by molar-refractivity contribution is 8.09. The van der Waals surface area contributed by atoms with E-state index < -0.39 is 47.2 Å². The number of hydrogen-bond acceptors (Lipinski definition) is 9. The molecule has 0 radical (unpaired) electrons. The van der Waals surface area contributed by atoms with E-state index in [0.717, 1.165) is 30.7 Å². The van der Waals surface area contributed by atoms with Crippen LogP contribution in [0.1, 0.15) is 29.8 Å². The van der Waals surface area contributed by atoms with Gasteiger partial charge < -0.3 is 10.2 Å². The van der Waals surface area contributed by atoms with Gasteiger partial charge in [0.15, 0.2) is 23.8 Å². The number of rotatable bonds is 8. The van der Waals surface area contributed by atoms with Gasteiger partial charge in [0.25, 0.3) is 0 Å². The van der Waals surface area contributed by atoms with Crippen LogP contribution in [0.15, 0.2) is 60.8 Å². The summed E-state index contributed by atoms with van der Waals surface area (Å²) in [5.41, 5.74) is -1.58. The SMILES string of the molecule is CS(=O)(=O)C1(S(C)(=O)=O)CCCN(CCc2nc(Nc3ccc(C(F)(F)F)cc3)c3ccc(-c4ncccc4C(F)(F)F)cc3n2)C1. The first-order chi connectivity index (χ1) is 21.8. The van der Waals surface area contributed by atoms with E-state index in [2.05, 4.69) is 20.3 Å². The molecule has 1 aliphatic heterocycles. The highest BCUT2D eigenvalue weighted by Crippen LogP contribution is 2.38. The molecule has 252 valence electrons. The topological polar surface area (TPSA) is 122 Å². The van der Waals surface area contributed by atoms with Crippen LogP contribution in [0, 0.1) is 0 Å². The molecule has 2 aromatic carbocycles. The molecule has 1 aliphatic rings. The van der Waals surface area contributed by atoms with Gasteiger partial charge in [0.2, 0.25) is 0 Å². The Morgan fingerprint density at radius 2 is 1.57 bits per heavy atom. The number of halogens is 6. The van der Waals surface area contributed by atoms with Gasteiger partial charge in [-0.2, -0.15) is 26.3 Å². The Bertz CT molecular complexity index is 1990. The van der Waals surface area contributed by atoms with E-state index >= 15 is 0 Å². The summed E-state index contributed by atoms with van der Waals surface area (Å²) in [6.07, 6.45) is -5.89. The van der Waals surface area contributed by atoms with Gasteiger partial charge in [0.05, 0.1) is 22.3 Å². The minimum Gasteiger partial charge on any atom is -0.340 e. The zero-order valence-corrected chi connectivity index (χ0v) is 26.7. The standard InChI is InChI=1S/C30H29F6N5O4S2/c1-46(42,43)28(47(2,44)45)13-4-15-41(18-28)16-12-25-39-24-17-19(26-23(30(34,35)36)5-3-14-37-26)6-11-22(24)27(40-25)38-21-9-7-20(8-10-21)29(31,32)33/h3,5-11,14,17H,4,12-13,15-16,18H2,1-2H3,(H,38,39,40). The second kappa shape index (κ2) is 12.3. The van der Waals surface area contributed by atoms with E-state index in [1.54, 1.807) is 4.90 Å². The van der Waals surface area contributed by atoms with Crippen LogP contribution >= 0.6 is 0 Å². The molecule has 17 heteroatoms. The fourth-order valence-electron chi connectivity index (χ4n) is 5.68. The predicted molar refractivity (Wildman–Crippen MR) is 164 cm³/mol. The second-order valence-corrected chi connectivity index (χ2v) is 16.3. The summed E-state index contributed by atoms with van der Waals surface area (Å²) in [6.45, 7) is 0.288. The third kappa shape index (κ3) is 7.21. The summed E-state index contributed by atoms with van der Waals surface area (Å²) in [5, 5.41) is 3.32. The van der Waals surface area contributed by atoms with Gasteiger partial charge in [-0.15, -0.1) is 0 Å². The minimum absolute atomic E-state index is 0.0505. The molecule has 5 rings (SSSR count). The van der Waals surface area contributed by atoms with Crippen molar-refractivity contribution in [3.63, 3.8) is 0 Å². The molecule has 0 aliphatic carbocycles. The first kappa shape index (κ1) is 34.5. The summed E-state index contributed by atoms with van der Waals surface area (Å²) in [7, 11) is -8.03. The highest BCUT2D eigenvalue weighted by Gasteiger charge is 2.52. The number of pyridine rings is 1. The van der Waals surface area contributed by atoms with Crippen molar-refractivity contribution in [3.05, 3.63) is 77.7 Å². The lowest BCUT2D eigenvalue weighted by atomic mass is 10.0. The van der Waals surface area contributed by atoms with Crippen molar-refractivity contribution in [2.24, 2.45) is 0 Å². The van der Waals surface area contributed by atoms with Gasteiger partial charge in [-0.1, -0.05) is 6.07 Å². The molecule has 0 unspecified atom stereocenters. The lowest BCUT2D eigenvalue weighted by molar-refractivity contribution is -0.138. The van der Waals surface area contributed by atoms with Crippen molar-refractivity contribution in [2.45, 2.75) is 35.7 Å². The van der Waals surface area contributed by atoms with E-state index in [1.807, 2.05) is 0 Å². The lowest BCUT2D eigenvalue weighted by Gasteiger charge is -2.40. The van der Waals surface area contributed by atoms with Crippen LogP contribution < -0.4 is 5.32 Å². The zero-order valence-electron chi connectivity index (χ0n) is 25.0. The Morgan fingerprint density at radius 3 is 2.19 bits per heavy atom. The number of alkyl halides is 6. The van der Waals surface area contributed by atoms with E-state index in [1.165, 1.54) is 42.6 Å². The molecule has 3 heterocycles. The van der Waals surface area contributed by atoms with Gasteiger partial charge in [-0.25, -0.2) is 26.8 Å². The Labute approximate surface area is 266 Å². The largest absolute Gasteiger partial charge is 0.418 e. The third-order valence-corrected chi connectivity index (χ3v) is 13.3. The summed E-state index contributed by atoms with van der Waals surface area (Å²) in [4.78, 5) is 14.7. The van der Waals surface area contributed by atoms with Crippen LogP contribution in [0.2, 0.25) is 0 Å². The predicted octanol–water partition coefficient (Wildman–Crippen LogP) is 5.90. The molecule has 0 saturated carbocycles. The molecule has 1 N–H and O–H groups in total. The molecule has 47 heavy (non-hydrogen) atoms. The molecule has 1 saturated heterocycles. The smallest absolute Gasteiger partial charge is 0.340 e. The Morgan fingerprint density at radius 1 is 0.894 bits per heavy atom. The number of sulfone groups is 2. The molecule has 1 fully saturated rings. The number of piperidine rings is 1. The van der Waals surface area contributed by atoms with Crippen molar-refractivity contribution in [2.75, 3.05) is 37.5 Å². The Balaban J connectivity index is 1.53. The van der Waals surface area contributed by atoms with Gasteiger partial charge in [-0.05, 0) is 67.9 Å². The van der Waals surface area contributed by atoms with Crippen LogP contribution in [0.25, 0.3) is 22.2 Å². The van der Waals surface area contributed by atoms with Crippen LogP contribution in [0.3, 0.4) is 0 Å². The summed E-state index contributed by atoms with van der Waals surface area (Å²) in [5.74, 6) is 0.338. The number of benzene rings is 2. The lowest BCUT2D eigenvalue weighted by Crippen LogP contribution is -2.57. The summed E-state index contributed by atoms with van der Waals surface area (Å²) in [6, 6.07) is 10.5. The first-order valence-electron chi connectivity index (χ1n) is 14.2. The number of aromatic nitrogens is 3. The number of fused-ring (bicyclic) bond motifs is 1. The molecule has 0 bridgehead atoms. The molecule has 0 spiro atoms. The van der Waals surface area contributed by atoms with Crippen molar-refractivity contribution in [3.8, 4) is 11.3 Å². The average Bonchev–Trinajstić information content (AvgIpc) is 2.98. The number of nitrogens with zero attached hydrogens (tertiary/aromatic N) is 4. The first-order valence-corrected chi connectivity index (χ1v) is 18.0. The molecule has 2 aromatic heterocycles. The van der Waals surface area contributed by atoms with Gasteiger partial charge >= 0.3 is 12.4 Å². The molecule has 0 amide bonds. The number of anilines is 2. The Hall–Kier alpha value is -3.83. The number of nitrogens with one attached hydrogen (secondary N) is 1. The number of hydrogen-bond donors (Lipinski definition) is 1. The van der Waals surface area contributed by atoms with Crippen molar-refractivity contribution in [1.82, 2.24) is 19.9 Å². The van der Waals surface area contributed by atoms with Gasteiger partial charge in [0, 0.05) is 54.9 Å². The molecule has 0 atom stereocenters. The van der Waals surface area contributed by atoms with Crippen LogP contribution in [-0.2, 0) is 38.4 Å². The normalized spacial score (nSPS) is 16.3. The summed E-state index contributed by atoms with van der Waals surface area (Å²) < 4.78 is 129. The monoisotopic (exact) mass is 701 g/mol. The molecular formula is C30H29F6N5O4S2. The van der Waals surface area contributed by atoms with E-state index in [0.29, 0.717) is 18.4 Å². The van der Waals surface area contributed by atoms with Crippen LogP contribution in [-0.4, -0.2) is 72.9 Å². The van der Waals surface area contributed by atoms with E-state index in [-0.39, 0.29) is 60.0 Å². The minimum atomic E-state index is -4.69. The van der Waals surface area contributed by atoms with Crippen molar-refractivity contribution < 1.29 is 43.2 Å². The fourth-order valence-corrected chi connectivity index (χ4v) is 9.74. The van der Waals surface area contributed by atoms with Gasteiger partial charge in [0.1, 0.15) is 11.6 Å². The third-order valence-electron chi connectivity index (χ3n) is 8.10. The van der Waals surface area contributed by atoms with Crippen LogP contribution in [0.5, 0.6) is 0 Å². The van der Waals surface area contributed by atoms with Gasteiger partial charge in [-0.3, -0.25) is 4.98 Å². The van der Waals surface area contributed by atoms with Crippen molar-refractivity contribution in [1.29, 1.82) is 0 Å². The maximum atomic E-state index is 13.8. The van der Waals surface area contributed by atoms with E-state index in [9.17, 15) is 43.2 Å². The fraction of sp³-hybridized carbons (Fsp3) is 0.367. The molecule has 9 nitrogen and oxygen atoms in total.